The van der Waals surface area contributed by atoms with Crippen molar-refractivity contribution in [3.8, 4) is 0 Å². The highest BCUT2D eigenvalue weighted by Crippen LogP contribution is 2.35. The summed E-state index contributed by atoms with van der Waals surface area (Å²) in [6.45, 7) is 2.09. The number of nitrogens with one attached hydrogen (secondary N) is 1. The highest BCUT2D eigenvalue weighted by molar-refractivity contribution is 6.05. The first-order valence-corrected chi connectivity index (χ1v) is 12.0. The molecule has 1 N–H and O–H groups in total. The van der Waals surface area contributed by atoms with Crippen molar-refractivity contribution >= 4 is 16.8 Å². The summed E-state index contributed by atoms with van der Waals surface area (Å²) in [7, 11) is 0. The molecule has 2 aliphatic heterocycles. The van der Waals surface area contributed by atoms with E-state index in [4.69, 9.17) is 9.84 Å². The third-order valence-electron chi connectivity index (χ3n) is 7.53. The molecular weight excluding hydrogens is 419 g/mol. The van der Waals surface area contributed by atoms with E-state index in [1.54, 1.807) is 0 Å². The number of hydrogen-bond acceptors (Lipinski definition) is 4. The Labute approximate surface area is 192 Å². The van der Waals surface area contributed by atoms with E-state index in [1.165, 1.54) is 18.6 Å². The molecule has 6 nitrogen and oxygen atoms in total. The predicted octanol–water partition coefficient (Wildman–Crippen LogP) is 4.06. The van der Waals surface area contributed by atoms with Gasteiger partial charge in [-0.1, -0.05) is 30.3 Å². The van der Waals surface area contributed by atoms with Gasteiger partial charge in [0.05, 0.1) is 24.8 Å². The van der Waals surface area contributed by atoms with E-state index in [2.05, 4.69) is 21.0 Å². The van der Waals surface area contributed by atoms with Crippen molar-refractivity contribution in [3.63, 3.8) is 0 Å². The van der Waals surface area contributed by atoms with Crippen molar-refractivity contribution in [2.45, 2.75) is 62.8 Å². The highest BCUT2D eigenvalue weighted by Gasteiger charge is 2.39. The zero-order valence-electron chi connectivity index (χ0n) is 18.6. The molecule has 2 bridgehead atoms. The van der Waals surface area contributed by atoms with Crippen LogP contribution >= 0.6 is 0 Å². The van der Waals surface area contributed by atoms with Gasteiger partial charge in [-0.05, 0) is 55.9 Å². The fourth-order valence-electron chi connectivity index (χ4n) is 5.59. The number of aromatic nitrogens is 2. The molecule has 1 amide bonds. The van der Waals surface area contributed by atoms with E-state index in [1.807, 2.05) is 30.3 Å². The third kappa shape index (κ3) is 3.93. The second-order valence-corrected chi connectivity index (χ2v) is 9.68. The number of carbonyl (C=O) groups excluding carboxylic acids is 1. The fraction of sp³-hybridized carbons (Fsp3) is 0.462. The molecule has 1 aliphatic carbocycles. The van der Waals surface area contributed by atoms with Crippen LogP contribution in [0, 0.1) is 5.82 Å². The van der Waals surface area contributed by atoms with Gasteiger partial charge in [-0.3, -0.25) is 14.4 Å². The molecular formula is C26H29FN4O2. The number of carbonyl (C=O) groups is 1. The highest BCUT2D eigenvalue weighted by atomic mass is 19.1. The number of para-hydroxylation sites is 1. The molecule has 1 aromatic heterocycles. The summed E-state index contributed by atoms with van der Waals surface area (Å²) in [5.74, 6) is -0.295. The minimum absolute atomic E-state index is 0.0831. The average molecular weight is 449 g/mol. The number of ether oxygens (including phenoxy) is 1. The van der Waals surface area contributed by atoms with Crippen LogP contribution in [0.5, 0.6) is 0 Å². The van der Waals surface area contributed by atoms with E-state index in [9.17, 15) is 9.18 Å². The maximum atomic E-state index is 13.3. The minimum Gasteiger partial charge on any atom is -0.378 e. The topological polar surface area (TPSA) is 59.4 Å². The van der Waals surface area contributed by atoms with Crippen LogP contribution in [0.25, 0.3) is 10.9 Å². The molecule has 2 saturated heterocycles. The molecule has 0 spiro atoms. The van der Waals surface area contributed by atoms with E-state index >= 15 is 0 Å². The summed E-state index contributed by atoms with van der Waals surface area (Å²) in [6, 6.07) is 15.7. The number of piperidine rings is 1. The van der Waals surface area contributed by atoms with Crippen LogP contribution in [0.3, 0.4) is 0 Å². The summed E-state index contributed by atoms with van der Waals surface area (Å²) in [5.41, 5.74) is 2.68. The Morgan fingerprint density at radius 1 is 1.03 bits per heavy atom. The van der Waals surface area contributed by atoms with Crippen LogP contribution in [-0.4, -0.2) is 51.9 Å². The summed E-state index contributed by atoms with van der Waals surface area (Å²) < 4.78 is 21.2. The van der Waals surface area contributed by atoms with E-state index in [0.717, 1.165) is 48.7 Å². The fourth-order valence-corrected chi connectivity index (χ4v) is 5.59. The van der Waals surface area contributed by atoms with Crippen LogP contribution in [-0.2, 0) is 11.3 Å². The zero-order chi connectivity index (χ0) is 22.4. The van der Waals surface area contributed by atoms with Gasteiger partial charge in [-0.25, -0.2) is 4.39 Å². The lowest BCUT2D eigenvalue weighted by atomic mass is 9.89. The Balaban J connectivity index is 1.18. The van der Waals surface area contributed by atoms with Gasteiger partial charge >= 0.3 is 0 Å². The van der Waals surface area contributed by atoms with Crippen LogP contribution in [0.4, 0.5) is 4.39 Å². The molecule has 0 unspecified atom stereocenters. The summed E-state index contributed by atoms with van der Waals surface area (Å²) in [4.78, 5) is 15.8. The number of morpholine rings is 1. The Hall–Kier alpha value is -2.77. The van der Waals surface area contributed by atoms with Gasteiger partial charge in [0.1, 0.15) is 5.82 Å². The molecule has 0 radical (unpaired) electrons. The summed E-state index contributed by atoms with van der Waals surface area (Å²) in [6.07, 6.45) is 5.16. The lowest BCUT2D eigenvalue weighted by molar-refractivity contribution is -0.0843. The Kier molecular flexibility index (Phi) is 5.38. The summed E-state index contributed by atoms with van der Waals surface area (Å²) >= 11 is 0. The van der Waals surface area contributed by atoms with E-state index in [0.29, 0.717) is 24.9 Å². The number of benzene rings is 2. The first-order chi connectivity index (χ1) is 16.2. The number of rotatable bonds is 5. The smallest absolute Gasteiger partial charge is 0.272 e. The first-order valence-electron chi connectivity index (χ1n) is 12.0. The Bertz CT molecular complexity index is 1140. The quantitative estimate of drug-likeness (QED) is 0.640. The van der Waals surface area contributed by atoms with Crippen LogP contribution in [0.1, 0.15) is 54.2 Å². The van der Waals surface area contributed by atoms with Crippen molar-refractivity contribution in [2.24, 2.45) is 0 Å². The molecule has 3 heterocycles. The van der Waals surface area contributed by atoms with Gasteiger partial charge in [0.25, 0.3) is 5.91 Å². The van der Waals surface area contributed by atoms with Gasteiger partial charge in [-0.2, -0.15) is 5.10 Å². The molecule has 3 aromatic rings. The number of amides is 1. The van der Waals surface area contributed by atoms with Gasteiger partial charge in [0.15, 0.2) is 5.69 Å². The molecule has 33 heavy (non-hydrogen) atoms. The van der Waals surface area contributed by atoms with Gasteiger partial charge < -0.3 is 10.1 Å². The van der Waals surface area contributed by atoms with Crippen LogP contribution in [0.2, 0.25) is 0 Å². The first kappa shape index (κ1) is 20.8. The van der Waals surface area contributed by atoms with Crippen molar-refractivity contribution < 1.29 is 13.9 Å². The molecule has 3 aliphatic rings. The molecule has 7 heteroatoms. The van der Waals surface area contributed by atoms with Gasteiger partial charge in [0, 0.05) is 30.1 Å². The largest absolute Gasteiger partial charge is 0.378 e. The van der Waals surface area contributed by atoms with Crippen LogP contribution < -0.4 is 5.32 Å². The van der Waals surface area contributed by atoms with Crippen molar-refractivity contribution in [1.29, 1.82) is 0 Å². The second kappa shape index (κ2) is 8.54. The summed E-state index contributed by atoms with van der Waals surface area (Å²) in [5, 5.41) is 8.99. The number of fused-ring (bicyclic) bond motifs is 3. The SMILES string of the molecule is O=C(N[C@H]1C[C@H]2COC[C@@H](C1)N2Cc1ccc(F)cc1)c1nn(C2CCC2)c2ccccc12. The van der Waals surface area contributed by atoms with Gasteiger partial charge in [0.2, 0.25) is 0 Å². The Morgan fingerprint density at radius 2 is 1.76 bits per heavy atom. The molecule has 3 atom stereocenters. The van der Waals surface area contributed by atoms with E-state index in [-0.39, 0.29) is 29.8 Å². The maximum absolute atomic E-state index is 13.3. The predicted molar refractivity (Wildman–Crippen MR) is 123 cm³/mol. The number of nitrogens with zero attached hydrogens (tertiary/aromatic N) is 3. The molecule has 1 saturated carbocycles. The lowest BCUT2D eigenvalue weighted by Gasteiger charge is -2.48. The number of halogens is 1. The number of hydrogen-bond donors (Lipinski definition) is 1. The maximum Gasteiger partial charge on any atom is 0.272 e. The van der Waals surface area contributed by atoms with Gasteiger partial charge in [-0.15, -0.1) is 0 Å². The standard InChI is InChI=1S/C26H29FN4O2/c27-18-10-8-17(9-11-18)14-30-21-12-19(13-22(30)16-33-15-21)28-26(32)25-23-6-1-2-7-24(23)31(29-25)20-4-3-5-20/h1-2,6-11,19-22H,3-5,12-16H2,(H,28,32)/t19-,21-,22+. The molecule has 3 fully saturated rings. The minimum atomic E-state index is -0.212. The molecule has 6 rings (SSSR count). The second-order valence-electron chi connectivity index (χ2n) is 9.68. The normalized spacial score (nSPS) is 25.7. The van der Waals surface area contributed by atoms with Crippen molar-refractivity contribution in [1.82, 2.24) is 20.0 Å². The molecule has 2 aromatic carbocycles. The Morgan fingerprint density at radius 3 is 2.45 bits per heavy atom. The van der Waals surface area contributed by atoms with Crippen LogP contribution in [0.15, 0.2) is 48.5 Å². The van der Waals surface area contributed by atoms with E-state index < -0.39 is 0 Å². The lowest BCUT2D eigenvalue weighted by Crippen LogP contribution is -2.60. The van der Waals surface area contributed by atoms with Crippen molar-refractivity contribution in [3.05, 3.63) is 65.6 Å². The third-order valence-corrected chi connectivity index (χ3v) is 7.53. The van der Waals surface area contributed by atoms with Crippen molar-refractivity contribution in [2.75, 3.05) is 13.2 Å². The molecule has 172 valence electrons. The zero-order valence-corrected chi connectivity index (χ0v) is 18.6. The average Bonchev–Trinajstić information content (AvgIpc) is 3.14. The monoisotopic (exact) mass is 448 g/mol.